The normalized spacial score (nSPS) is 22.7. The standard InChI is InChI=1S/C23H30N2O/c1-16-12-18(21-19-9-7-6-8-17(19)10-11-24-21)14-23(5,13-16)25-20(26)15-22(2,3)4/h6-9,12,14H,10-11,13,15H2,1-5H3,(H,25,26). The van der Waals surface area contributed by atoms with Gasteiger partial charge in [-0.3, -0.25) is 9.79 Å². The van der Waals surface area contributed by atoms with Gasteiger partial charge in [-0.25, -0.2) is 0 Å². The molecule has 1 aromatic carbocycles. The first-order chi connectivity index (χ1) is 12.2. The van der Waals surface area contributed by atoms with Crippen LogP contribution in [0.5, 0.6) is 0 Å². The molecule has 0 saturated carbocycles. The van der Waals surface area contributed by atoms with E-state index < -0.39 is 0 Å². The van der Waals surface area contributed by atoms with Crippen LogP contribution in [0, 0.1) is 5.41 Å². The zero-order chi connectivity index (χ0) is 18.9. The Morgan fingerprint density at radius 3 is 2.73 bits per heavy atom. The lowest BCUT2D eigenvalue weighted by Gasteiger charge is -2.34. The van der Waals surface area contributed by atoms with Crippen LogP contribution in [0.4, 0.5) is 0 Å². The molecule has 3 heteroatoms. The summed E-state index contributed by atoms with van der Waals surface area (Å²) in [4.78, 5) is 17.4. The van der Waals surface area contributed by atoms with Gasteiger partial charge in [0, 0.05) is 18.5 Å². The van der Waals surface area contributed by atoms with Gasteiger partial charge in [0.15, 0.2) is 0 Å². The van der Waals surface area contributed by atoms with Crippen LogP contribution < -0.4 is 5.32 Å². The van der Waals surface area contributed by atoms with Gasteiger partial charge in [-0.05, 0) is 49.3 Å². The molecule has 0 saturated heterocycles. The number of carbonyl (C=O) groups excluding carboxylic acids is 1. The van der Waals surface area contributed by atoms with Crippen LogP contribution in [0.2, 0.25) is 0 Å². The van der Waals surface area contributed by atoms with Crippen molar-refractivity contribution in [3.8, 4) is 0 Å². The summed E-state index contributed by atoms with van der Waals surface area (Å²) in [5, 5.41) is 3.26. The predicted octanol–water partition coefficient (Wildman–Crippen LogP) is 4.62. The van der Waals surface area contributed by atoms with Crippen LogP contribution in [-0.2, 0) is 11.2 Å². The molecule has 1 amide bonds. The third kappa shape index (κ3) is 4.32. The van der Waals surface area contributed by atoms with Gasteiger partial charge >= 0.3 is 0 Å². The zero-order valence-electron chi connectivity index (χ0n) is 16.6. The van der Waals surface area contributed by atoms with E-state index in [1.54, 1.807) is 0 Å². The fourth-order valence-electron chi connectivity index (χ4n) is 3.98. The highest BCUT2D eigenvalue weighted by Gasteiger charge is 2.31. The molecule has 1 heterocycles. The Bertz CT molecular complexity index is 808. The van der Waals surface area contributed by atoms with E-state index in [-0.39, 0.29) is 16.9 Å². The molecule has 0 radical (unpaired) electrons. The number of amides is 1. The van der Waals surface area contributed by atoms with Crippen LogP contribution >= 0.6 is 0 Å². The number of allylic oxidation sites excluding steroid dienone is 2. The van der Waals surface area contributed by atoms with Crippen molar-refractivity contribution in [2.45, 2.75) is 59.4 Å². The summed E-state index contributed by atoms with van der Waals surface area (Å²) >= 11 is 0. The van der Waals surface area contributed by atoms with Crippen molar-refractivity contribution in [3.63, 3.8) is 0 Å². The number of nitrogens with one attached hydrogen (secondary N) is 1. The maximum atomic E-state index is 12.5. The molecular weight excluding hydrogens is 320 g/mol. The number of hydrogen-bond donors (Lipinski definition) is 1. The molecule has 138 valence electrons. The first kappa shape index (κ1) is 18.6. The number of hydrogen-bond acceptors (Lipinski definition) is 2. The Balaban J connectivity index is 1.90. The Morgan fingerprint density at radius 2 is 2.00 bits per heavy atom. The quantitative estimate of drug-likeness (QED) is 0.849. The van der Waals surface area contributed by atoms with E-state index in [0.717, 1.165) is 30.7 Å². The van der Waals surface area contributed by atoms with Crippen molar-refractivity contribution in [3.05, 3.63) is 58.7 Å². The first-order valence-electron chi connectivity index (χ1n) is 9.49. The highest BCUT2D eigenvalue weighted by molar-refractivity contribution is 6.16. The summed E-state index contributed by atoms with van der Waals surface area (Å²) in [6, 6.07) is 8.51. The summed E-state index contributed by atoms with van der Waals surface area (Å²) in [6.45, 7) is 11.3. The maximum absolute atomic E-state index is 12.5. The van der Waals surface area contributed by atoms with Crippen molar-refractivity contribution in [2.24, 2.45) is 10.4 Å². The number of aliphatic imine (C=N–C) groups is 1. The van der Waals surface area contributed by atoms with Gasteiger partial charge in [0.2, 0.25) is 5.91 Å². The molecule has 3 nitrogen and oxygen atoms in total. The molecule has 1 aliphatic carbocycles. The number of carbonyl (C=O) groups is 1. The van der Waals surface area contributed by atoms with Crippen LogP contribution in [0.1, 0.15) is 58.6 Å². The second-order valence-corrected chi connectivity index (χ2v) is 9.11. The van der Waals surface area contributed by atoms with E-state index in [2.05, 4.69) is 76.4 Å². The third-order valence-corrected chi connectivity index (χ3v) is 4.83. The van der Waals surface area contributed by atoms with E-state index in [0.29, 0.717) is 6.42 Å². The maximum Gasteiger partial charge on any atom is 0.221 e. The summed E-state index contributed by atoms with van der Waals surface area (Å²) in [6.07, 6.45) is 6.77. The van der Waals surface area contributed by atoms with Crippen LogP contribution in [0.15, 0.2) is 52.6 Å². The Morgan fingerprint density at radius 1 is 1.27 bits per heavy atom. The second-order valence-electron chi connectivity index (χ2n) is 9.11. The van der Waals surface area contributed by atoms with Gasteiger partial charge in [0.1, 0.15) is 0 Å². The van der Waals surface area contributed by atoms with E-state index >= 15 is 0 Å². The van der Waals surface area contributed by atoms with Crippen molar-refractivity contribution in [1.82, 2.24) is 5.32 Å². The van der Waals surface area contributed by atoms with Crippen LogP contribution in [-0.4, -0.2) is 23.7 Å². The van der Waals surface area contributed by atoms with Gasteiger partial charge < -0.3 is 5.32 Å². The molecular formula is C23H30N2O. The lowest BCUT2D eigenvalue weighted by molar-refractivity contribution is -0.124. The first-order valence-corrected chi connectivity index (χ1v) is 9.49. The average Bonchev–Trinajstić information content (AvgIpc) is 2.51. The molecule has 26 heavy (non-hydrogen) atoms. The molecule has 1 N–H and O–H groups in total. The van der Waals surface area contributed by atoms with Crippen molar-refractivity contribution in [1.29, 1.82) is 0 Å². The van der Waals surface area contributed by atoms with Gasteiger partial charge in [0.25, 0.3) is 0 Å². The van der Waals surface area contributed by atoms with E-state index in [1.807, 2.05) is 0 Å². The molecule has 1 aromatic rings. The lowest BCUT2D eigenvalue weighted by atomic mass is 9.81. The SMILES string of the molecule is CC1=CC(C2=NCCc3ccccc32)=CC(C)(NC(=O)CC(C)(C)C)C1. The molecule has 0 aromatic heterocycles. The topological polar surface area (TPSA) is 41.5 Å². The minimum Gasteiger partial charge on any atom is -0.347 e. The second kappa shape index (κ2) is 6.86. The molecule has 3 rings (SSSR count). The van der Waals surface area contributed by atoms with E-state index in [9.17, 15) is 4.79 Å². The minimum atomic E-state index is -0.370. The highest BCUT2D eigenvalue weighted by Crippen LogP contribution is 2.31. The number of fused-ring (bicyclic) bond motifs is 1. The van der Waals surface area contributed by atoms with E-state index in [1.165, 1.54) is 16.7 Å². The zero-order valence-corrected chi connectivity index (χ0v) is 16.6. The molecule has 1 aliphatic heterocycles. The smallest absolute Gasteiger partial charge is 0.221 e. The van der Waals surface area contributed by atoms with Crippen molar-refractivity contribution in [2.75, 3.05) is 6.54 Å². The van der Waals surface area contributed by atoms with Crippen molar-refractivity contribution >= 4 is 11.6 Å². The summed E-state index contributed by atoms with van der Waals surface area (Å²) < 4.78 is 0. The minimum absolute atomic E-state index is 0.0149. The molecule has 0 bridgehead atoms. The largest absolute Gasteiger partial charge is 0.347 e. The van der Waals surface area contributed by atoms with Crippen molar-refractivity contribution < 1.29 is 4.79 Å². The lowest BCUT2D eigenvalue weighted by Crippen LogP contribution is -2.47. The van der Waals surface area contributed by atoms with E-state index in [4.69, 9.17) is 4.99 Å². The Labute approximate surface area is 157 Å². The number of benzene rings is 1. The summed E-state index contributed by atoms with van der Waals surface area (Å²) in [5.74, 6) is 0.108. The fraction of sp³-hybridized carbons (Fsp3) is 0.478. The Hall–Kier alpha value is -2.16. The van der Waals surface area contributed by atoms with Gasteiger partial charge in [-0.1, -0.05) is 56.7 Å². The molecule has 1 unspecified atom stereocenters. The van der Waals surface area contributed by atoms with Crippen LogP contribution in [0.25, 0.3) is 0 Å². The monoisotopic (exact) mass is 350 g/mol. The number of nitrogens with zero attached hydrogens (tertiary/aromatic N) is 1. The van der Waals surface area contributed by atoms with Gasteiger partial charge in [-0.2, -0.15) is 0 Å². The summed E-state index contributed by atoms with van der Waals surface area (Å²) in [7, 11) is 0. The van der Waals surface area contributed by atoms with Crippen LogP contribution in [0.3, 0.4) is 0 Å². The summed E-state index contributed by atoms with van der Waals surface area (Å²) in [5.41, 5.74) is 5.64. The molecule has 0 spiro atoms. The third-order valence-electron chi connectivity index (χ3n) is 4.83. The van der Waals surface area contributed by atoms with Gasteiger partial charge in [-0.15, -0.1) is 0 Å². The molecule has 2 aliphatic rings. The molecule has 0 fully saturated rings. The Kier molecular flexibility index (Phi) is 4.92. The molecule has 1 atom stereocenters. The average molecular weight is 351 g/mol. The number of rotatable bonds is 3. The van der Waals surface area contributed by atoms with Gasteiger partial charge in [0.05, 0.1) is 11.3 Å². The highest BCUT2D eigenvalue weighted by atomic mass is 16.1. The predicted molar refractivity (Wildman–Crippen MR) is 109 cm³/mol. The fourth-order valence-corrected chi connectivity index (χ4v) is 3.98.